The van der Waals surface area contributed by atoms with Crippen molar-refractivity contribution in [2.75, 3.05) is 7.11 Å². The molecule has 0 aromatic heterocycles. The Morgan fingerprint density at radius 2 is 1.42 bits per heavy atom. The van der Waals surface area contributed by atoms with Gasteiger partial charge in [-0.15, -0.1) is 0 Å². The summed E-state index contributed by atoms with van der Waals surface area (Å²) in [6.45, 7) is 0. The molecule has 218 valence electrons. The quantitative estimate of drug-likeness (QED) is 0.159. The first-order valence-electron chi connectivity index (χ1n) is 13.0. The third-order valence-corrected chi connectivity index (χ3v) is 7.09. The van der Waals surface area contributed by atoms with E-state index in [1.807, 2.05) is 12.1 Å². The summed E-state index contributed by atoms with van der Waals surface area (Å²) in [6.07, 6.45) is -0.596. The molecule has 0 saturated carbocycles. The number of hydrogen-bond donors (Lipinski definition) is 5. The van der Waals surface area contributed by atoms with Gasteiger partial charge in [0.2, 0.25) is 5.78 Å². The zero-order valence-corrected chi connectivity index (χ0v) is 22.6. The van der Waals surface area contributed by atoms with Crippen LogP contribution in [0.5, 0.6) is 23.0 Å². The van der Waals surface area contributed by atoms with Crippen LogP contribution in [-0.2, 0) is 15.9 Å². The van der Waals surface area contributed by atoms with E-state index in [1.54, 1.807) is 12.1 Å². The summed E-state index contributed by atoms with van der Waals surface area (Å²) >= 11 is 0. The van der Waals surface area contributed by atoms with E-state index < -0.39 is 64.2 Å². The molecule has 11 nitrogen and oxygen atoms in total. The topological polar surface area (TPSA) is 180 Å². The molecule has 1 aliphatic rings. The van der Waals surface area contributed by atoms with Gasteiger partial charge in [-0.1, -0.05) is 30.3 Å². The predicted octanol–water partition coefficient (Wildman–Crippen LogP) is 3.78. The number of phenols is 4. The molecule has 4 aromatic carbocycles. The highest BCUT2D eigenvalue weighted by atomic mass is 16.5. The Bertz CT molecular complexity index is 1740. The second-order valence-corrected chi connectivity index (χ2v) is 9.75. The summed E-state index contributed by atoms with van der Waals surface area (Å²) in [5, 5.41) is 44.1. The number of esters is 2. The summed E-state index contributed by atoms with van der Waals surface area (Å²) in [6, 6.07) is 17.7. The number of benzene rings is 4. The van der Waals surface area contributed by atoms with Gasteiger partial charge in [0, 0.05) is 12.0 Å². The maximum atomic E-state index is 13.3. The number of ether oxygens (including phenoxy) is 2. The molecule has 0 bridgehead atoms. The molecule has 1 amide bonds. The van der Waals surface area contributed by atoms with Crippen molar-refractivity contribution in [3.05, 3.63) is 118 Å². The van der Waals surface area contributed by atoms with Crippen LogP contribution < -0.4 is 5.32 Å². The molecule has 0 spiro atoms. The van der Waals surface area contributed by atoms with Crippen LogP contribution in [0.15, 0.2) is 78.9 Å². The molecule has 1 aliphatic carbocycles. The minimum Gasteiger partial charge on any atom is -0.508 e. The third kappa shape index (κ3) is 5.55. The van der Waals surface area contributed by atoms with Crippen LogP contribution in [0.1, 0.15) is 64.2 Å². The van der Waals surface area contributed by atoms with E-state index in [4.69, 9.17) is 4.74 Å². The molecular formula is C32H25NO10. The lowest BCUT2D eigenvalue weighted by Gasteiger charge is -2.22. The van der Waals surface area contributed by atoms with Crippen molar-refractivity contribution >= 4 is 23.6 Å². The number of carbonyl (C=O) groups excluding carboxylic acids is 4. The number of fused-ring (bicyclic) bond motifs is 1. The van der Waals surface area contributed by atoms with Gasteiger partial charge in [-0.2, -0.15) is 0 Å². The fourth-order valence-corrected chi connectivity index (χ4v) is 5.03. The predicted molar refractivity (Wildman–Crippen MR) is 150 cm³/mol. The number of phenolic OH excluding ortho intramolecular Hbond substituents is 4. The maximum Gasteiger partial charge on any atom is 0.338 e. The minimum atomic E-state index is -1.09. The molecule has 5 rings (SSSR count). The SMILES string of the molecule is COC(=O)c1cccc(O)c1C(=O)c1c(O)cc(C(=O)O[C@H]2Cc3ccccc3[C@@H]2NC(=O)c2ccc(O)cc2)cc1O. The van der Waals surface area contributed by atoms with Gasteiger partial charge < -0.3 is 35.2 Å². The van der Waals surface area contributed by atoms with E-state index in [2.05, 4.69) is 10.1 Å². The molecule has 0 fully saturated rings. The molecule has 11 heteroatoms. The standard InChI is InChI=1S/C32H25NO10/c1-42-32(41)21-7-4-8-22(35)26(21)29(38)27-23(36)13-18(14-24(27)37)31(40)43-25-15-17-5-2-3-6-20(17)28(25)33-30(39)16-9-11-19(34)12-10-16/h2-14,25,28,34-37H,15H2,1H3,(H,33,39)/t25-,28-/m0/s1. The van der Waals surface area contributed by atoms with Crippen LogP contribution in [0.25, 0.3) is 0 Å². The lowest BCUT2D eigenvalue weighted by molar-refractivity contribution is 0.0229. The van der Waals surface area contributed by atoms with Gasteiger partial charge in [0.1, 0.15) is 34.7 Å². The van der Waals surface area contributed by atoms with Gasteiger partial charge in [-0.05, 0) is 59.7 Å². The summed E-state index contributed by atoms with van der Waals surface area (Å²) in [4.78, 5) is 51.6. The van der Waals surface area contributed by atoms with Crippen LogP contribution >= 0.6 is 0 Å². The van der Waals surface area contributed by atoms with Gasteiger partial charge in [0.25, 0.3) is 5.91 Å². The normalized spacial score (nSPS) is 15.3. The Kier molecular flexibility index (Phi) is 7.72. The first kappa shape index (κ1) is 28.7. The fraction of sp³-hybridized carbons (Fsp3) is 0.125. The number of amides is 1. The molecule has 5 N–H and O–H groups in total. The van der Waals surface area contributed by atoms with Crippen molar-refractivity contribution in [2.45, 2.75) is 18.6 Å². The highest BCUT2D eigenvalue weighted by Gasteiger charge is 2.37. The van der Waals surface area contributed by atoms with Crippen LogP contribution in [0, 0.1) is 0 Å². The molecule has 4 aromatic rings. The first-order chi connectivity index (χ1) is 20.6. The molecule has 0 aliphatic heterocycles. The molecule has 0 unspecified atom stereocenters. The zero-order chi connectivity index (χ0) is 30.8. The molecule has 0 radical (unpaired) electrons. The molecule has 0 saturated heterocycles. The highest BCUT2D eigenvalue weighted by molar-refractivity contribution is 6.18. The summed E-state index contributed by atoms with van der Waals surface area (Å²) in [7, 11) is 1.09. The van der Waals surface area contributed by atoms with Crippen molar-refractivity contribution in [1.29, 1.82) is 0 Å². The molecule has 43 heavy (non-hydrogen) atoms. The Labute approximate surface area is 244 Å². The largest absolute Gasteiger partial charge is 0.508 e. The number of rotatable bonds is 7. The van der Waals surface area contributed by atoms with E-state index in [1.165, 1.54) is 36.4 Å². The second kappa shape index (κ2) is 11.6. The minimum absolute atomic E-state index is 0.00160. The summed E-state index contributed by atoms with van der Waals surface area (Å²) < 4.78 is 10.4. The average Bonchev–Trinajstić information content (AvgIpc) is 3.32. The molecule has 0 heterocycles. The molecular weight excluding hydrogens is 558 g/mol. The Morgan fingerprint density at radius 3 is 2.09 bits per heavy atom. The van der Waals surface area contributed by atoms with E-state index in [-0.39, 0.29) is 28.9 Å². The number of carbonyl (C=O) groups is 4. The number of hydrogen-bond acceptors (Lipinski definition) is 10. The summed E-state index contributed by atoms with van der Waals surface area (Å²) in [5.41, 5.74) is 0.103. The highest BCUT2D eigenvalue weighted by Crippen LogP contribution is 2.37. The maximum absolute atomic E-state index is 13.3. The van der Waals surface area contributed by atoms with E-state index >= 15 is 0 Å². The second-order valence-electron chi connectivity index (χ2n) is 9.75. The van der Waals surface area contributed by atoms with Crippen LogP contribution in [-0.4, -0.2) is 57.3 Å². The van der Waals surface area contributed by atoms with E-state index in [0.717, 1.165) is 36.4 Å². The monoisotopic (exact) mass is 583 g/mol. The van der Waals surface area contributed by atoms with Gasteiger partial charge in [-0.25, -0.2) is 9.59 Å². The third-order valence-electron chi connectivity index (χ3n) is 7.09. The van der Waals surface area contributed by atoms with Crippen LogP contribution in [0.4, 0.5) is 0 Å². The van der Waals surface area contributed by atoms with Gasteiger partial charge >= 0.3 is 11.9 Å². The van der Waals surface area contributed by atoms with E-state index in [9.17, 15) is 39.6 Å². The Balaban J connectivity index is 1.41. The lowest BCUT2D eigenvalue weighted by Crippen LogP contribution is -2.36. The number of ketones is 1. The Morgan fingerprint density at radius 1 is 0.744 bits per heavy atom. The van der Waals surface area contributed by atoms with Crippen LogP contribution in [0.2, 0.25) is 0 Å². The number of aromatic hydroxyl groups is 4. The van der Waals surface area contributed by atoms with Gasteiger partial charge in [0.15, 0.2) is 0 Å². The smallest absolute Gasteiger partial charge is 0.338 e. The van der Waals surface area contributed by atoms with Crippen molar-refractivity contribution in [2.24, 2.45) is 0 Å². The van der Waals surface area contributed by atoms with Crippen molar-refractivity contribution in [1.82, 2.24) is 5.32 Å². The average molecular weight is 584 g/mol. The Hall–Kier alpha value is -5.84. The fourth-order valence-electron chi connectivity index (χ4n) is 5.03. The first-order valence-corrected chi connectivity index (χ1v) is 13.0. The van der Waals surface area contributed by atoms with Crippen molar-refractivity contribution in [3.8, 4) is 23.0 Å². The van der Waals surface area contributed by atoms with Gasteiger partial charge in [-0.3, -0.25) is 9.59 Å². The van der Waals surface area contributed by atoms with Crippen molar-refractivity contribution in [3.63, 3.8) is 0 Å². The molecule has 2 atom stereocenters. The van der Waals surface area contributed by atoms with E-state index in [0.29, 0.717) is 0 Å². The zero-order valence-electron chi connectivity index (χ0n) is 22.6. The van der Waals surface area contributed by atoms with Crippen LogP contribution in [0.3, 0.4) is 0 Å². The lowest BCUT2D eigenvalue weighted by atomic mass is 9.95. The van der Waals surface area contributed by atoms with Crippen molar-refractivity contribution < 1.29 is 49.1 Å². The van der Waals surface area contributed by atoms with Gasteiger partial charge in [0.05, 0.1) is 29.8 Å². The number of nitrogens with one attached hydrogen (secondary N) is 1. The summed E-state index contributed by atoms with van der Waals surface area (Å²) in [5.74, 6) is -5.62. The number of methoxy groups -OCH3 is 1.